The van der Waals surface area contributed by atoms with Crippen LogP contribution in [0, 0.1) is 0 Å². The molecule has 42 heavy (non-hydrogen) atoms. The third kappa shape index (κ3) is 10.2. The molecule has 1 unspecified atom stereocenters. The molecule has 0 saturated heterocycles. The van der Waals surface area contributed by atoms with Crippen LogP contribution in [0.4, 0.5) is 43.9 Å². The summed E-state index contributed by atoms with van der Waals surface area (Å²) < 4.78 is 158. The summed E-state index contributed by atoms with van der Waals surface area (Å²) in [5.41, 5.74) is -4.61. The number of carbonyl (C=O) groups excluding carboxylic acids is 1. The second-order valence-corrected chi connectivity index (χ2v) is 12.4. The van der Waals surface area contributed by atoms with Crippen molar-refractivity contribution in [1.29, 1.82) is 0 Å². The van der Waals surface area contributed by atoms with Crippen LogP contribution in [0.5, 0.6) is 0 Å². The van der Waals surface area contributed by atoms with Crippen molar-refractivity contribution in [3.8, 4) is 0 Å². The van der Waals surface area contributed by atoms with E-state index in [0.717, 1.165) is 19.1 Å². The van der Waals surface area contributed by atoms with Crippen LogP contribution >= 0.6 is 34.8 Å². The summed E-state index contributed by atoms with van der Waals surface area (Å²) in [6, 6.07) is 1.15. The van der Waals surface area contributed by atoms with Crippen LogP contribution in [0.25, 0.3) is 5.83 Å². The van der Waals surface area contributed by atoms with Crippen LogP contribution in [-0.4, -0.2) is 44.2 Å². The number of alkyl halides is 9. The molecule has 1 N–H and O–H groups in total. The Morgan fingerprint density at radius 2 is 1.50 bits per heavy atom. The number of allylic oxidation sites excluding steroid dienone is 1. The van der Waals surface area contributed by atoms with Gasteiger partial charge in [-0.15, -0.1) is 0 Å². The summed E-state index contributed by atoms with van der Waals surface area (Å²) >= 11 is 17.2. The molecular weight excluding hydrogens is 679 g/mol. The number of amides is 1. The van der Waals surface area contributed by atoms with Gasteiger partial charge in [-0.25, -0.2) is 12.8 Å². The second kappa shape index (κ2) is 13.2. The molecule has 2 aromatic carbocycles. The highest BCUT2D eigenvalue weighted by molar-refractivity contribution is 7.91. The monoisotopic (exact) mass is 695 g/mol. The van der Waals surface area contributed by atoms with Gasteiger partial charge in [0.1, 0.15) is 11.7 Å². The number of nitrogens with one attached hydrogen (secondary N) is 1. The SMILES string of the molecule is C[C@H](CS(=O)(=O)CCC(F)(F)F)NC(=O)c1ccc(/C(F)=C/C(c2cc(Cl)c(Cl)c(Cl)c2)C(F)(F)F)cc1C(F)(F)F. The third-order valence-corrected chi connectivity index (χ3v) is 8.49. The molecule has 0 radical (unpaired) electrons. The lowest BCUT2D eigenvalue weighted by Crippen LogP contribution is -2.39. The van der Waals surface area contributed by atoms with Gasteiger partial charge in [-0.3, -0.25) is 4.79 Å². The van der Waals surface area contributed by atoms with Crippen molar-refractivity contribution in [2.75, 3.05) is 11.5 Å². The molecule has 0 aromatic heterocycles. The normalized spacial score (nSPS) is 15.0. The van der Waals surface area contributed by atoms with Crippen molar-refractivity contribution in [2.24, 2.45) is 0 Å². The number of carbonyl (C=O) groups is 1. The minimum atomic E-state index is -5.34. The van der Waals surface area contributed by atoms with E-state index in [1.165, 1.54) is 0 Å². The van der Waals surface area contributed by atoms with Crippen LogP contribution in [0.2, 0.25) is 15.1 Å². The molecule has 4 nitrogen and oxygen atoms in total. The molecule has 0 fully saturated rings. The maximum Gasteiger partial charge on any atom is 0.417 e. The van der Waals surface area contributed by atoms with Gasteiger partial charge in [-0.1, -0.05) is 40.9 Å². The summed E-state index contributed by atoms with van der Waals surface area (Å²) in [6.45, 7) is 1.01. The van der Waals surface area contributed by atoms with Gasteiger partial charge in [-0.05, 0) is 42.8 Å². The molecule has 2 aromatic rings. The maximum atomic E-state index is 15.0. The zero-order chi connectivity index (χ0) is 32.4. The third-order valence-electron chi connectivity index (χ3n) is 5.45. The fraction of sp³-hybridized carbons (Fsp3) is 0.375. The molecule has 0 heterocycles. The van der Waals surface area contributed by atoms with E-state index in [0.29, 0.717) is 12.1 Å². The van der Waals surface area contributed by atoms with Gasteiger partial charge in [0.05, 0.1) is 44.1 Å². The lowest BCUT2D eigenvalue weighted by Gasteiger charge is -2.20. The number of hydrogen-bond donors (Lipinski definition) is 1. The molecule has 0 aliphatic rings. The Morgan fingerprint density at radius 3 is 1.98 bits per heavy atom. The highest BCUT2D eigenvalue weighted by Crippen LogP contribution is 2.43. The summed E-state index contributed by atoms with van der Waals surface area (Å²) in [7, 11) is -4.38. The van der Waals surface area contributed by atoms with E-state index in [2.05, 4.69) is 0 Å². The molecule has 0 bridgehead atoms. The van der Waals surface area contributed by atoms with E-state index in [1.807, 2.05) is 5.32 Å². The van der Waals surface area contributed by atoms with Gasteiger partial charge in [-0.2, -0.15) is 39.5 Å². The first kappa shape index (κ1) is 36.0. The Balaban J connectivity index is 2.42. The lowest BCUT2D eigenvalue weighted by atomic mass is 9.95. The van der Waals surface area contributed by atoms with Crippen molar-refractivity contribution < 1.29 is 57.1 Å². The maximum absolute atomic E-state index is 15.0. The van der Waals surface area contributed by atoms with Gasteiger partial charge >= 0.3 is 18.5 Å². The van der Waals surface area contributed by atoms with Crippen LogP contribution < -0.4 is 5.32 Å². The molecule has 0 saturated carbocycles. The summed E-state index contributed by atoms with van der Waals surface area (Å²) in [4.78, 5) is 12.5. The fourth-order valence-corrected chi connectivity index (χ4v) is 5.75. The first-order valence-electron chi connectivity index (χ1n) is 11.3. The van der Waals surface area contributed by atoms with Crippen molar-refractivity contribution >= 4 is 56.4 Å². The molecule has 2 atom stereocenters. The zero-order valence-corrected chi connectivity index (χ0v) is 23.9. The van der Waals surface area contributed by atoms with E-state index in [-0.39, 0.29) is 17.2 Å². The van der Waals surface area contributed by atoms with Gasteiger partial charge in [0.15, 0.2) is 9.84 Å². The van der Waals surface area contributed by atoms with Crippen molar-refractivity contribution in [3.05, 3.63) is 73.7 Å². The van der Waals surface area contributed by atoms with Crippen LogP contribution in [0.3, 0.4) is 0 Å². The predicted octanol–water partition coefficient (Wildman–Crippen LogP) is 8.81. The van der Waals surface area contributed by atoms with E-state index in [1.54, 1.807) is 0 Å². The summed E-state index contributed by atoms with van der Waals surface area (Å²) in [5.74, 6) is -8.37. The smallest absolute Gasteiger partial charge is 0.349 e. The molecule has 0 aliphatic heterocycles. The Kier molecular flexibility index (Phi) is 11.3. The van der Waals surface area contributed by atoms with Crippen LogP contribution in [0.1, 0.15) is 46.3 Å². The van der Waals surface area contributed by atoms with E-state index in [4.69, 9.17) is 34.8 Å². The Bertz CT molecular complexity index is 1430. The molecule has 2 rings (SSSR count). The highest BCUT2D eigenvalue weighted by atomic mass is 35.5. The molecule has 1 amide bonds. The van der Waals surface area contributed by atoms with Crippen molar-refractivity contribution in [2.45, 2.75) is 43.8 Å². The first-order chi connectivity index (χ1) is 18.9. The average molecular weight is 697 g/mol. The molecule has 234 valence electrons. The van der Waals surface area contributed by atoms with Crippen LogP contribution in [-0.2, 0) is 16.0 Å². The zero-order valence-electron chi connectivity index (χ0n) is 20.8. The highest BCUT2D eigenvalue weighted by Gasteiger charge is 2.41. The van der Waals surface area contributed by atoms with Crippen molar-refractivity contribution in [3.63, 3.8) is 0 Å². The number of benzene rings is 2. The van der Waals surface area contributed by atoms with E-state index in [9.17, 15) is 57.1 Å². The molecule has 0 spiro atoms. The second-order valence-electron chi connectivity index (χ2n) is 8.94. The van der Waals surface area contributed by atoms with Gasteiger partial charge in [0.2, 0.25) is 0 Å². The van der Waals surface area contributed by atoms with E-state index < -0.39 is 102 Å². The molecule has 18 heteroatoms. The predicted molar refractivity (Wildman–Crippen MR) is 137 cm³/mol. The Morgan fingerprint density at radius 1 is 0.952 bits per heavy atom. The van der Waals surface area contributed by atoms with Gasteiger partial charge in [0.25, 0.3) is 5.91 Å². The number of hydrogen-bond acceptors (Lipinski definition) is 3. The minimum absolute atomic E-state index is 0.0288. The first-order valence-corrected chi connectivity index (χ1v) is 14.2. The quantitative estimate of drug-likeness (QED) is 0.211. The van der Waals surface area contributed by atoms with Crippen LogP contribution in [0.15, 0.2) is 36.4 Å². The van der Waals surface area contributed by atoms with Crippen molar-refractivity contribution in [1.82, 2.24) is 5.32 Å². The Hall–Kier alpha value is -2.23. The number of halogens is 13. The van der Waals surface area contributed by atoms with Gasteiger partial charge < -0.3 is 5.32 Å². The molecular formula is C24H18Cl3F10NO3S. The van der Waals surface area contributed by atoms with Gasteiger partial charge in [0, 0.05) is 11.6 Å². The topological polar surface area (TPSA) is 63.2 Å². The largest absolute Gasteiger partial charge is 0.417 e. The lowest BCUT2D eigenvalue weighted by molar-refractivity contribution is -0.140. The Labute approximate surface area is 247 Å². The number of sulfone groups is 1. The van der Waals surface area contributed by atoms with E-state index >= 15 is 0 Å². The fourth-order valence-electron chi connectivity index (χ4n) is 3.58. The standard InChI is InChI=1S/C24H18Cl3F10NO3S/c1-11(10-42(40,41)5-4-22(29,30)31)38-21(39)14-3-2-12(6-16(14)24(35,36)37)19(28)9-15(23(32,33)34)13-7-17(25)20(27)18(26)8-13/h2-3,6-9,11,15H,4-5,10H2,1H3,(H,38,39)/b19-9-/t11-,15?/m1/s1. The summed E-state index contributed by atoms with van der Waals surface area (Å²) in [6.07, 6.45) is -17.0. The minimum Gasteiger partial charge on any atom is -0.349 e. The average Bonchev–Trinajstić information content (AvgIpc) is 2.81. The number of rotatable bonds is 9. The summed E-state index contributed by atoms with van der Waals surface area (Å²) in [5, 5.41) is 0.813. The molecule has 0 aliphatic carbocycles.